The summed E-state index contributed by atoms with van der Waals surface area (Å²) in [7, 11) is 4.55. The van der Waals surface area contributed by atoms with Crippen LogP contribution in [0.1, 0.15) is 27.7 Å². The quantitative estimate of drug-likeness (QED) is 0.532. The Hall–Kier alpha value is -3.72. The molecule has 2 aromatic carbocycles. The Morgan fingerprint density at radius 3 is 2.35 bits per heavy atom. The van der Waals surface area contributed by atoms with Gasteiger partial charge in [-0.15, -0.1) is 0 Å². The number of phenolic OH excluding ortho intramolecular Hbond substituents is 1. The van der Waals surface area contributed by atoms with Gasteiger partial charge >= 0.3 is 0 Å². The molecule has 3 aromatic rings. The Morgan fingerprint density at radius 1 is 1.10 bits per heavy atom. The molecule has 162 valence electrons. The van der Waals surface area contributed by atoms with Gasteiger partial charge in [0.05, 0.1) is 34.0 Å². The van der Waals surface area contributed by atoms with Crippen molar-refractivity contribution in [2.45, 2.75) is 6.04 Å². The third kappa shape index (κ3) is 3.23. The summed E-state index contributed by atoms with van der Waals surface area (Å²) in [6.45, 7) is -0.0980. The molecule has 0 spiro atoms. The Kier molecular flexibility index (Phi) is 5.43. The Balaban J connectivity index is 1.95. The summed E-state index contributed by atoms with van der Waals surface area (Å²) < 4.78 is 16.4. The van der Waals surface area contributed by atoms with Gasteiger partial charge in [-0.05, 0) is 29.8 Å². The lowest BCUT2D eigenvalue weighted by Crippen LogP contribution is -2.32. The molecule has 4 rings (SSSR count). The number of benzene rings is 2. The zero-order valence-electron chi connectivity index (χ0n) is 17.4. The highest BCUT2D eigenvalue weighted by Gasteiger charge is 2.42. The molecule has 1 atom stereocenters. The average molecular weight is 425 g/mol. The second kappa shape index (κ2) is 8.19. The molecule has 0 radical (unpaired) electrons. The van der Waals surface area contributed by atoms with E-state index in [4.69, 9.17) is 14.2 Å². The molecule has 1 aromatic heterocycles. The second-order valence-corrected chi connectivity index (χ2v) is 6.96. The SMILES string of the molecule is COc1cc([C@@H]2c3c(-c4ccccc4O)n[nH]c3C(=O)N2CCO)cc(OC)c1OC. The molecule has 3 N–H and O–H groups in total. The van der Waals surface area contributed by atoms with E-state index in [2.05, 4.69) is 10.2 Å². The van der Waals surface area contributed by atoms with Crippen molar-refractivity contribution in [2.75, 3.05) is 34.5 Å². The number of fused-ring (bicyclic) bond motifs is 1. The molecule has 0 saturated heterocycles. The maximum absolute atomic E-state index is 13.1. The zero-order chi connectivity index (χ0) is 22.1. The van der Waals surface area contributed by atoms with E-state index in [1.54, 1.807) is 41.3 Å². The number of nitrogens with zero attached hydrogens (tertiary/aromatic N) is 2. The van der Waals surface area contributed by atoms with Gasteiger partial charge in [-0.2, -0.15) is 5.10 Å². The summed E-state index contributed by atoms with van der Waals surface area (Å²) >= 11 is 0. The van der Waals surface area contributed by atoms with Crippen LogP contribution in [0.25, 0.3) is 11.3 Å². The molecular formula is C22H23N3O6. The molecule has 1 aliphatic heterocycles. The number of rotatable bonds is 7. The lowest BCUT2D eigenvalue weighted by molar-refractivity contribution is 0.0706. The number of aliphatic hydroxyl groups is 1. The van der Waals surface area contributed by atoms with Crippen molar-refractivity contribution in [3.05, 3.63) is 53.2 Å². The van der Waals surface area contributed by atoms with Gasteiger partial charge in [-0.3, -0.25) is 9.89 Å². The summed E-state index contributed by atoms with van der Waals surface area (Å²) in [6, 6.07) is 9.74. The van der Waals surface area contributed by atoms with E-state index < -0.39 is 6.04 Å². The Morgan fingerprint density at radius 2 is 1.77 bits per heavy atom. The molecular weight excluding hydrogens is 402 g/mol. The van der Waals surface area contributed by atoms with Crippen LogP contribution in [0.15, 0.2) is 36.4 Å². The monoisotopic (exact) mass is 425 g/mol. The van der Waals surface area contributed by atoms with Gasteiger partial charge in [0.15, 0.2) is 11.5 Å². The third-order valence-electron chi connectivity index (χ3n) is 5.37. The summed E-state index contributed by atoms with van der Waals surface area (Å²) in [5.41, 5.74) is 2.56. The molecule has 0 aliphatic carbocycles. The number of carbonyl (C=O) groups excluding carboxylic acids is 1. The number of hydrogen-bond acceptors (Lipinski definition) is 7. The maximum Gasteiger partial charge on any atom is 0.273 e. The minimum atomic E-state index is -0.586. The highest BCUT2D eigenvalue weighted by Crippen LogP contribution is 2.47. The first kappa shape index (κ1) is 20.5. The number of hydrogen-bond donors (Lipinski definition) is 3. The molecule has 9 heteroatoms. The highest BCUT2D eigenvalue weighted by molar-refractivity contribution is 6.00. The van der Waals surface area contributed by atoms with Crippen molar-refractivity contribution < 1.29 is 29.2 Å². The molecule has 0 unspecified atom stereocenters. The van der Waals surface area contributed by atoms with Crippen LogP contribution in [0.3, 0.4) is 0 Å². The fourth-order valence-electron chi connectivity index (χ4n) is 4.02. The van der Waals surface area contributed by atoms with E-state index in [1.165, 1.54) is 21.3 Å². The summed E-state index contributed by atoms with van der Waals surface area (Å²) in [4.78, 5) is 14.7. The maximum atomic E-state index is 13.1. The number of β-amino-alcohol motifs (C(OH)–C–C–N with tert-alkyl or cyclic N) is 1. The van der Waals surface area contributed by atoms with Gasteiger partial charge in [0, 0.05) is 17.7 Å². The number of aromatic amines is 1. The van der Waals surface area contributed by atoms with E-state index in [0.29, 0.717) is 45.3 Å². The van der Waals surface area contributed by atoms with Crippen molar-refractivity contribution in [2.24, 2.45) is 0 Å². The van der Waals surface area contributed by atoms with Crippen LogP contribution >= 0.6 is 0 Å². The van der Waals surface area contributed by atoms with Crippen molar-refractivity contribution >= 4 is 5.91 Å². The summed E-state index contributed by atoms with van der Waals surface area (Å²) in [5.74, 6) is 1.06. The van der Waals surface area contributed by atoms with Crippen LogP contribution in [0.5, 0.6) is 23.0 Å². The van der Waals surface area contributed by atoms with Crippen LogP contribution in [0, 0.1) is 0 Å². The number of aromatic nitrogens is 2. The summed E-state index contributed by atoms with van der Waals surface area (Å²) in [5, 5.41) is 27.1. The van der Waals surface area contributed by atoms with Crippen molar-refractivity contribution in [3.63, 3.8) is 0 Å². The molecule has 0 fully saturated rings. The smallest absolute Gasteiger partial charge is 0.273 e. The van der Waals surface area contributed by atoms with Crippen molar-refractivity contribution in [1.82, 2.24) is 15.1 Å². The number of ether oxygens (including phenoxy) is 3. The minimum absolute atomic E-state index is 0.0495. The normalized spacial score (nSPS) is 15.2. The average Bonchev–Trinajstić information content (AvgIpc) is 3.32. The van der Waals surface area contributed by atoms with Crippen molar-refractivity contribution in [1.29, 1.82) is 0 Å². The van der Waals surface area contributed by atoms with E-state index in [1.807, 2.05) is 0 Å². The van der Waals surface area contributed by atoms with E-state index in [0.717, 1.165) is 0 Å². The van der Waals surface area contributed by atoms with Crippen LogP contribution in [0.2, 0.25) is 0 Å². The van der Waals surface area contributed by atoms with Gasteiger partial charge in [0.25, 0.3) is 5.91 Å². The van der Waals surface area contributed by atoms with Crippen LogP contribution < -0.4 is 14.2 Å². The predicted molar refractivity (Wildman–Crippen MR) is 112 cm³/mol. The number of nitrogens with one attached hydrogen (secondary N) is 1. The lowest BCUT2D eigenvalue weighted by atomic mass is 9.95. The molecule has 9 nitrogen and oxygen atoms in total. The van der Waals surface area contributed by atoms with Gasteiger partial charge < -0.3 is 29.3 Å². The fraction of sp³-hybridized carbons (Fsp3) is 0.273. The number of para-hydroxylation sites is 1. The van der Waals surface area contributed by atoms with Crippen molar-refractivity contribution in [3.8, 4) is 34.3 Å². The number of H-pyrrole nitrogens is 1. The van der Waals surface area contributed by atoms with E-state index in [-0.39, 0.29) is 24.8 Å². The van der Waals surface area contributed by atoms with Gasteiger partial charge in [0.1, 0.15) is 17.1 Å². The number of methoxy groups -OCH3 is 3. The highest BCUT2D eigenvalue weighted by atomic mass is 16.5. The first-order valence-corrected chi connectivity index (χ1v) is 9.64. The molecule has 1 aliphatic rings. The van der Waals surface area contributed by atoms with Gasteiger partial charge in [-0.25, -0.2) is 0 Å². The van der Waals surface area contributed by atoms with E-state index in [9.17, 15) is 15.0 Å². The minimum Gasteiger partial charge on any atom is -0.507 e. The zero-order valence-corrected chi connectivity index (χ0v) is 17.4. The van der Waals surface area contributed by atoms with Crippen LogP contribution in [-0.2, 0) is 0 Å². The lowest BCUT2D eigenvalue weighted by Gasteiger charge is -2.27. The topological polar surface area (TPSA) is 117 Å². The second-order valence-electron chi connectivity index (χ2n) is 6.96. The number of aromatic hydroxyl groups is 1. The Labute approximate surface area is 178 Å². The van der Waals surface area contributed by atoms with Gasteiger partial charge in [0.2, 0.25) is 5.75 Å². The number of aliphatic hydroxyl groups excluding tert-OH is 1. The molecule has 0 bridgehead atoms. The number of carbonyl (C=O) groups is 1. The fourth-order valence-corrected chi connectivity index (χ4v) is 4.02. The number of phenols is 1. The molecule has 31 heavy (non-hydrogen) atoms. The third-order valence-corrected chi connectivity index (χ3v) is 5.37. The predicted octanol–water partition coefficient (Wildman–Crippen LogP) is 2.35. The first-order chi connectivity index (χ1) is 15.0. The summed E-state index contributed by atoms with van der Waals surface area (Å²) in [6.07, 6.45) is 0. The van der Waals surface area contributed by atoms with Crippen LogP contribution in [-0.4, -0.2) is 65.7 Å². The molecule has 2 heterocycles. The van der Waals surface area contributed by atoms with Crippen LogP contribution in [0.4, 0.5) is 0 Å². The number of amides is 1. The Bertz CT molecular complexity index is 1100. The molecule has 0 saturated carbocycles. The largest absolute Gasteiger partial charge is 0.507 e. The van der Waals surface area contributed by atoms with Gasteiger partial charge in [-0.1, -0.05) is 12.1 Å². The first-order valence-electron chi connectivity index (χ1n) is 9.64. The van der Waals surface area contributed by atoms with E-state index >= 15 is 0 Å². The standard InChI is InChI=1S/C22H23N3O6/c1-29-15-10-12(11-16(30-2)21(15)31-3)20-17-18(13-6-4-5-7-14(13)27)23-24-19(17)22(28)25(20)8-9-26/h4-7,10-11,20,26-27H,8-9H2,1-3H3,(H,23,24)/t20-/m1/s1. The molecule has 1 amide bonds.